The van der Waals surface area contributed by atoms with E-state index in [1.54, 1.807) is 12.1 Å². The molecule has 1 unspecified atom stereocenters. The van der Waals surface area contributed by atoms with Crippen LogP contribution in [0.4, 0.5) is 0 Å². The Bertz CT molecular complexity index is 992. The Morgan fingerprint density at radius 1 is 1.07 bits per heavy atom. The van der Waals surface area contributed by atoms with Crippen LogP contribution in [0, 0.1) is 0 Å². The first-order valence-electron chi connectivity index (χ1n) is 10.6. The zero-order valence-corrected chi connectivity index (χ0v) is 18.1. The maximum atomic E-state index is 13.2. The highest BCUT2D eigenvalue weighted by Crippen LogP contribution is 2.31. The van der Waals surface area contributed by atoms with Gasteiger partial charge in [-0.25, -0.2) is 0 Å². The number of carbonyl (C=O) groups is 2. The molecule has 0 spiro atoms. The summed E-state index contributed by atoms with van der Waals surface area (Å²) in [5.41, 5.74) is 3.78. The van der Waals surface area contributed by atoms with Gasteiger partial charge in [-0.2, -0.15) is 0 Å². The molecule has 5 heteroatoms. The van der Waals surface area contributed by atoms with E-state index in [9.17, 15) is 9.59 Å². The van der Waals surface area contributed by atoms with E-state index in [1.165, 1.54) is 5.56 Å². The molecule has 2 aromatic carbocycles. The quantitative estimate of drug-likeness (QED) is 0.393. The highest BCUT2D eigenvalue weighted by atomic mass is 16.2. The number of H-pyrrole nitrogens is 1. The largest absolute Gasteiger partial charge is 0.361 e. The number of aryl methyl sites for hydroxylation is 1. The van der Waals surface area contributed by atoms with Crippen LogP contribution in [-0.4, -0.2) is 48.8 Å². The normalized spacial score (nSPS) is 12.3. The molecule has 1 amide bonds. The number of nitrogens with zero attached hydrogens (tertiary/aromatic N) is 1. The van der Waals surface area contributed by atoms with Crippen molar-refractivity contribution < 1.29 is 9.59 Å². The summed E-state index contributed by atoms with van der Waals surface area (Å²) < 4.78 is 0. The van der Waals surface area contributed by atoms with Gasteiger partial charge in [-0.05, 0) is 44.6 Å². The fourth-order valence-electron chi connectivity index (χ4n) is 3.82. The van der Waals surface area contributed by atoms with Gasteiger partial charge in [0.1, 0.15) is 0 Å². The van der Waals surface area contributed by atoms with Gasteiger partial charge in [-0.3, -0.25) is 9.59 Å². The van der Waals surface area contributed by atoms with Gasteiger partial charge in [-0.15, -0.1) is 0 Å². The van der Waals surface area contributed by atoms with Crippen LogP contribution in [0.2, 0.25) is 0 Å². The Morgan fingerprint density at radius 3 is 2.53 bits per heavy atom. The minimum atomic E-state index is -0.530. The molecule has 0 aliphatic heterocycles. The van der Waals surface area contributed by atoms with Gasteiger partial charge in [-0.1, -0.05) is 55.5 Å². The van der Waals surface area contributed by atoms with Crippen LogP contribution < -0.4 is 5.32 Å². The van der Waals surface area contributed by atoms with Crippen molar-refractivity contribution in [3.05, 3.63) is 71.4 Å². The summed E-state index contributed by atoms with van der Waals surface area (Å²) in [5, 5.41) is 4.06. The number of carbonyl (C=O) groups excluding carboxylic acids is 2. The number of aromatic nitrogens is 1. The number of aromatic amines is 1. The van der Waals surface area contributed by atoms with E-state index in [1.807, 2.05) is 50.6 Å². The molecule has 30 heavy (non-hydrogen) atoms. The Hall–Kier alpha value is -2.92. The minimum absolute atomic E-state index is 0.0231. The monoisotopic (exact) mass is 405 g/mol. The van der Waals surface area contributed by atoms with Crippen molar-refractivity contribution in [1.82, 2.24) is 15.2 Å². The van der Waals surface area contributed by atoms with E-state index < -0.39 is 5.92 Å². The molecule has 0 saturated carbocycles. The predicted octanol–water partition coefficient (Wildman–Crippen LogP) is 4.15. The number of ketones is 1. The lowest BCUT2D eigenvalue weighted by molar-refractivity contribution is -0.122. The zero-order chi connectivity index (χ0) is 21.5. The fourth-order valence-corrected chi connectivity index (χ4v) is 3.82. The molecule has 0 fully saturated rings. The number of hydrogen-bond acceptors (Lipinski definition) is 3. The summed E-state index contributed by atoms with van der Waals surface area (Å²) in [4.78, 5) is 31.5. The first-order valence-corrected chi connectivity index (χ1v) is 10.6. The summed E-state index contributed by atoms with van der Waals surface area (Å²) in [7, 11) is 4.03. The molecule has 0 saturated heterocycles. The topological polar surface area (TPSA) is 65.2 Å². The van der Waals surface area contributed by atoms with Crippen LogP contribution in [-0.2, 0) is 11.2 Å². The van der Waals surface area contributed by atoms with Gasteiger partial charge in [0.15, 0.2) is 5.78 Å². The molecule has 2 N–H and O–H groups in total. The second-order valence-corrected chi connectivity index (χ2v) is 7.93. The number of fused-ring (bicyclic) bond motifs is 1. The number of hydrogen-bond donors (Lipinski definition) is 2. The Kier molecular flexibility index (Phi) is 7.41. The van der Waals surface area contributed by atoms with E-state index in [0.717, 1.165) is 35.9 Å². The van der Waals surface area contributed by atoms with E-state index in [-0.39, 0.29) is 18.1 Å². The van der Waals surface area contributed by atoms with Gasteiger partial charge < -0.3 is 15.2 Å². The van der Waals surface area contributed by atoms with Gasteiger partial charge in [0.05, 0.1) is 5.92 Å². The molecule has 0 aliphatic carbocycles. The van der Waals surface area contributed by atoms with E-state index in [0.29, 0.717) is 12.1 Å². The maximum absolute atomic E-state index is 13.2. The third-order valence-corrected chi connectivity index (χ3v) is 5.47. The maximum Gasteiger partial charge on any atom is 0.228 e. The lowest BCUT2D eigenvalue weighted by atomic mass is 9.90. The van der Waals surface area contributed by atoms with Crippen molar-refractivity contribution in [2.24, 2.45) is 0 Å². The molecule has 1 aromatic heterocycles. The molecule has 0 radical (unpaired) electrons. The highest BCUT2D eigenvalue weighted by molar-refractivity contribution is 6.02. The van der Waals surface area contributed by atoms with E-state index >= 15 is 0 Å². The molecule has 158 valence electrons. The minimum Gasteiger partial charge on any atom is -0.361 e. The highest BCUT2D eigenvalue weighted by Gasteiger charge is 2.27. The fraction of sp³-hybridized carbons (Fsp3) is 0.360. The number of para-hydroxylation sites is 1. The average molecular weight is 406 g/mol. The Balaban J connectivity index is 1.87. The van der Waals surface area contributed by atoms with Crippen LogP contribution in [0.5, 0.6) is 0 Å². The predicted molar refractivity (Wildman–Crippen MR) is 122 cm³/mol. The molecular weight excluding hydrogens is 374 g/mol. The smallest absolute Gasteiger partial charge is 0.228 e. The lowest BCUT2D eigenvalue weighted by Gasteiger charge is -2.17. The van der Waals surface area contributed by atoms with E-state index in [2.05, 4.69) is 28.2 Å². The second-order valence-electron chi connectivity index (χ2n) is 7.93. The molecule has 3 rings (SSSR count). The van der Waals surface area contributed by atoms with Crippen molar-refractivity contribution >= 4 is 22.6 Å². The van der Waals surface area contributed by atoms with Gasteiger partial charge in [0, 0.05) is 35.6 Å². The van der Waals surface area contributed by atoms with Gasteiger partial charge in [0.2, 0.25) is 5.91 Å². The number of nitrogens with one attached hydrogen (secondary N) is 2. The van der Waals surface area contributed by atoms with E-state index in [4.69, 9.17) is 0 Å². The van der Waals surface area contributed by atoms with Crippen LogP contribution in [0.25, 0.3) is 10.9 Å². The number of rotatable bonds is 10. The van der Waals surface area contributed by atoms with Crippen LogP contribution in [0.1, 0.15) is 47.2 Å². The summed E-state index contributed by atoms with van der Waals surface area (Å²) in [6, 6.07) is 15.3. The summed E-state index contributed by atoms with van der Waals surface area (Å²) in [6.07, 6.45) is 3.81. The Morgan fingerprint density at radius 2 is 1.83 bits per heavy atom. The summed E-state index contributed by atoms with van der Waals surface area (Å²) in [6.45, 7) is 3.61. The Labute approximate surface area is 178 Å². The van der Waals surface area contributed by atoms with Crippen molar-refractivity contribution in [2.75, 3.05) is 27.2 Å². The zero-order valence-electron chi connectivity index (χ0n) is 18.1. The first-order chi connectivity index (χ1) is 14.5. The van der Waals surface area contributed by atoms with Crippen LogP contribution in [0.15, 0.2) is 54.7 Å². The molecule has 0 bridgehead atoms. The summed E-state index contributed by atoms with van der Waals surface area (Å²) in [5.74, 6) is -0.649. The molecule has 5 nitrogen and oxygen atoms in total. The van der Waals surface area contributed by atoms with Gasteiger partial charge >= 0.3 is 0 Å². The SMILES string of the molecule is CCc1cccc2c(C(CC(=O)c3ccccc3)C(=O)NCCCN(C)C)c[nH]c12. The van der Waals surface area contributed by atoms with Crippen LogP contribution >= 0.6 is 0 Å². The first kappa shape index (κ1) is 21.8. The van der Waals surface area contributed by atoms with Crippen molar-refractivity contribution in [3.8, 4) is 0 Å². The average Bonchev–Trinajstić information content (AvgIpc) is 3.19. The number of Topliss-reactive ketones (excluding diaryl/α,β-unsaturated/α-hetero) is 1. The van der Waals surface area contributed by atoms with Gasteiger partial charge in [0.25, 0.3) is 0 Å². The third kappa shape index (κ3) is 5.16. The van der Waals surface area contributed by atoms with Crippen molar-refractivity contribution in [3.63, 3.8) is 0 Å². The second kappa shape index (κ2) is 10.2. The number of benzene rings is 2. The van der Waals surface area contributed by atoms with Crippen LogP contribution in [0.3, 0.4) is 0 Å². The molecule has 1 heterocycles. The summed E-state index contributed by atoms with van der Waals surface area (Å²) >= 11 is 0. The van der Waals surface area contributed by atoms with Crippen molar-refractivity contribution in [1.29, 1.82) is 0 Å². The molecule has 1 atom stereocenters. The van der Waals surface area contributed by atoms with Crippen molar-refractivity contribution in [2.45, 2.75) is 32.1 Å². The number of amides is 1. The lowest BCUT2D eigenvalue weighted by Crippen LogP contribution is -2.32. The standard InChI is InChI=1S/C25H31N3O2/c1-4-18-12-8-13-20-22(17-27-24(18)20)21(25(30)26-14-9-15-28(2)3)16-23(29)19-10-6-5-7-11-19/h5-8,10-13,17,21,27H,4,9,14-16H2,1-3H3,(H,26,30). The molecular formula is C25H31N3O2. The molecule has 0 aliphatic rings. The third-order valence-electron chi connectivity index (χ3n) is 5.47. The molecule has 3 aromatic rings.